The zero-order valence-electron chi connectivity index (χ0n) is 25.7. The number of hydrogen-bond acceptors (Lipinski definition) is 7. The molecule has 0 bridgehead atoms. The van der Waals surface area contributed by atoms with E-state index >= 15 is 0 Å². The zero-order valence-corrected chi connectivity index (χ0v) is 28.4. The Morgan fingerprint density at radius 1 is 1.07 bits per heavy atom. The van der Waals surface area contributed by atoms with Crippen LogP contribution in [-0.4, -0.2) is 83.0 Å². The molecule has 3 N–H and O–H groups in total. The van der Waals surface area contributed by atoms with Crippen LogP contribution in [0.5, 0.6) is 0 Å². The van der Waals surface area contributed by atoms with Crippen LogP contribution in [0, 0.1) is 11.6 Å². The van der Waals surface area contributed by atoms with Gasteiger partial charge in [0.2, 0.25) is 0 Å². The molecular weight excluding hydrogens is 663 g/mol. The summed E-state index contributed by atoms with van der Waals surface area (Å²) >= 11 is -1.38. The summed E-state index contributed by atoms with van der Waals surface area (Å²) in [4.78, 5) is 15.4. The third-order valence-corrected chi connectivity index (χ3v) is 14.2. The topological polar surface area (TPSA) is 116 Å². The number of fused-ring (bicyclic) bond motifs is 1. The fraction of sp³-hybridized carbons (Fsp3) is 0.375. The standard InChI is InChI=1S/C32H38AsF2N5O4S/c1-20(2)40(4)12-11-33(3)21-5-7-27(30(15-21)36-24-9-13-44-14-10-24)32(41)37-31-28-19-25(6-8-29(28)38-39-31)45(42,43)26-17-22(34)16-23(35)18-26/h5-8,15-20,24,36H,9-14H2,1-4H3,(H2,37,38,39,41). The molecule has 5 rings (SSSR count). The SMILES string of the molecule is CC(C)N(C)CC[As](C)c1ccc(C(=O)Nc2n[nH]c3ccc(S(=O)(=O)c4cc(F)cc(F)c4)cc23)c(NC2CCOCC2)c1. The molecule has 2 heterocycles. The minimum absolute atomic E-state index is 0.138. The van der Waals surface area contributed by atoms with E-state index in [4.69, 9.17) is 4.74 Å². The molecule has 240 valence electrons. The molecular formula is C32H38AsF2N5O4S. The molecule has 4 aromatic rings. The van der Waals surface area contributed by atoms with Crippen molar-refractivity contribution in [2.75, 3.05) is 37.4 Å². The number of amides is 1. The second-order valence-corrected chi connectivity index (χ2v) is 18.5. The molecule has 3 aromatic carbocycles. The van der Waals surface area contributed by atoms with Crippen molar-refractivity contribution in [3.8, 4) is 0 Å². The predicted molar refractivity (Wildman–Crippen MR) is 174 cm³/mol. The van der Waals surface area contributed by atoms with Gasteiger partial charge in [-0.25, -0.2) is 8.78 Å². The number of nitrogens with one attached hydrogen (secondary N) is 3. The van der Waals surface area contributed by atoms with Crippen molar-refractivity contribution in [2.45, 2.75) is 59.5 Å². The maximum absolute atomic E-state index is 13.8. The van der Waals surface area contributed by atoms with Gasteiger partial charge in [0, 0.05) is 6.07 Å². The molecule has 45 heavy (non-hydrogen) atoms. The summed E-state index contributed by atoms with van der Waals surface area (Å²) in [6, 6.07) is 12.9. The number of halogens is 2. The Labute approximate surface area is 266 Å². The molecule has 0 radical (unpaired) electrons. The summed E-state index contributed by atoms with van der Waals surface area (Å²) in [5.74, 6) is -2.26. The van der Waals surface area contributed by atoms with Crippen molar-refractivity contribution >= 4 is 57.2 Å². The Morgan fingerprint density at radius 3 is 2.47 bits per heavy atom. The molecule has 0 spiro atoms. The average molecular weight is 702 g/mol. The molecule has 1 aliphatic heterocycles. The molecule has 0 aliphatic carbocycles. The van der Waals surface area contributed by atoms with Crippen molar-refractivity contribution in [3.05, 3.63) is 71.8 Å². The van der Waals surface area contributed by atoms with Gasteiger partial charge in [0.15, 0.2) is 0 Å². The van der Waals surface area contributed by atoms with Crippen LogP contribution in [-0.2, 0) is 14.6 Å². The van der Waals surface area contributed by atoms with Gasteiger partial charge in [-0.05, 0) is 12.1 Å². The molecule has 1 aromatic heterocycles. The van der Waals surface area contributed by atoms with Gasteiger partial charge in [0.25, 0.3) is 0 Å². The van der Waals surface area contributed by atoms with Crippen LogP contribution < -0.4 is 15.0 Å². The second-order valence-electron chi connectivity index (χ2n) is 11.6. The molecule has 1 unspecified atom stereocenters. The molecule has 1 amide bonds. The normalized spacial score (nSPS) is 15.1. The van der Waals surface area contributed by atoms with Crippen molar-refractivity contribution in [1.82, 2.24) is 15.1 Å². The van der Waals surface area contributed by atoms with E-state index in [9.17, 15) is 22.0 Å². The van der Waals surface area contributed by atoms with Crippen molar-refractivity contribution in [1.29, 1.82) is 0 Å². The number of carbonyl (C=O) groups is 1. The molecule has 0 saturated carbocycles. The van der Waals surface area contributed by atoms with E-state index in [2.05, 4.69) is 58.4 Å². The minimum atomic E-state index is -4.26. The first-order valence-corrected chi connectivity index (χ1v) is 20.4. The number of rotatable bonds is 11. The van der Waals surface area contributed by atoms with E-state index in [0.29, 0.717) is 41.8 Å². The van der Waals surface area contributed by atoms with Crippen LogP contribution in [0.2, 0.25) is 10.9 Å². The monoisotopic (exact) mass is 701 g/mol. The first-order valence-electron chi connectivity index (χ1n) is 14.8. The first kappa shape index (κ1) is 33.1. The Morgan fingerprint density at radius 2 is 1.78 bits per heavy atom. The van der Waals surface area contributed by atoms with Crippen molar-refractivity contribution in [2.24, 2.45) is 0 Å². The fourth-order valence-electron chi connectivity index (χ4n) is 5.09. The van der Waals surface area contributed by atoms with Gasteiger partial charge in [0.05, 0.1) is 0 Å². The van der Waals surface area contributed by atoms with Gasteiger partial charge in [-0.1, -0.05) is 0 Å². The summed E-state index contributed by atoms with van der Waals surface area (Å²) in [5.41, 5.74) is 4.00. The predicted octanol–water partition coefficient (Wildman–Crippen LogP) is 5.19. The third kappa shape index (κ3) is 7.74. The molecule has 1 saturated heterocycles. The molecule has 1 atom stereocenters. The first-order chi connectivity index (χ1) is 21.4. The van der Waals surface area contributed by atoms with Crippen LogP contribution in [0.4, 0.5) is 20.3 Å². The summed E-state index contributed by atoms with van der Waals surface area (Å²) < 4.78 is 60.9. The summed E-state index contributed by atoms with van der Waals surface area (Å²) in [6.45, 7) is 6.68. The van der Waals surface area contributed by atoms with Gasteiger partial charge in [0.1, 0.15) is 11.6 Å². The third-order valence-electron chi connectivity index (χ3n) is 8.16. The Hall–Kier alpha value is -3.31. The molecule has 13 heteroatoms. The Bertz CT molecular complexity index is 1770. The molecule has 1 fully saturated rings. The van der Waals surface area contributed by atoms with E-state index in [1.807, 2.05) is 12.1 Å². The van der Waals surface area contributed by atoms with Crippen LogP contribution in [0.25, 0.3) is 10.9 Å². The zero-order chi connectivity index (χ0) is 32.3. The van der Waals surface area contributed by atoms with Crippen LogP contribution in [0.15, 0.2) is 64.4 Å². The molecule has 1 aliphatic rings. The van der Waals surface area contributed by atoms with E-state index in [1.54, 1.807) is 0 Å². The quantitative estimate of drug-likeness (QED) is 0.185. The van der Waals surface area contributed by atoms with Crippen molar-refractivity contribution < 1.29 is 26.7 Å². The Kier molecular flexibility index (Phi) is 10.3. The van der Waals surface area contributed by atoms with Crippen LogP contribution in [0.3, 0.4) is 0 Å². The van der Waals surface area contributed by atoms with E-state index in [1.165, 1.54) is 22.6 Å². The number of nitrogens with zero attached hydrogens (tertiary/aromatic N) is 2. The van der Waals surface area contributed by atoms with Crippen LogP contribution in [0.1, 0.15) is 37.0 Å². The molecule has 9 nitrogen and oxygen atoms in total. The van der Waals surface area contributed by atoms with Gasteiger partial charge >= 0.3 is 229 Å². The number of anilines is 2. The summed E-state index contributed by atoms with van der Waals surface area (Å²) in [5, 5.41) is 14.9. The summed E-state index contributed by atoms with van der Waals surface area (Å²) in [7, 11) is -2.12. The van der Waals surface area contributed by atoms with Crippen molar-refractivity contribution in [3.63, 3.8) is 0 Å². The van der Waals surface area contributed by atoms with E-state index in [0.717, 1.165) is 42.4 Å². The fourth-order valence-corrected chi connectivity index (χ4v) is 9.68. The number of H-pyrrole nitrogens is 1. The van der Waals surface area contributed by atoms with E-state index in [-0.39, 0.29) is 16.8 Å². The van der Waals surface area contributed by atoms with E-state index < -0.39 is 46.9 Å². The Balaban J connectivity index is 1.43. The van der Waals surface area contributed by atoms with Gasteiger partial charge < -0.3 is 0 Å². The number of sulfone groups is 1. The summed E-state index contributed by atoms with van der Waals surface area (Å²) in [6.07, 6.45) is 1.66. The number of ether oxygens (including phenoxy) is 1. The average Bonchev–Trinajstić information content (AvgIpc) is 3.41. The van der Waals surface area contributed by atoms with Gasteiger partial charge in [-0.2, -0.15) is 0 Å². The van der Waals surface area contributed by atoms with Gasteiger partial charge in [-0.15, -0.1) is 0 Å². The second kappa shape index (κ2) is 14.0. The van der Waals surface area contributed by atoms with Crippen LogP contribution >= 0.6 is 0 Å². The number of hydrogen-bond donors (Lipinski definition) is 3. The number of carbonyl (C=O) groups excluding carboxylic acids is 1. The number of aromatic nitrogens is 2. The number of aromatic amines is 1. The maximum atomic E-state index is 13.8. The van der Waals surface area contributed by atoms with Gasteiger partial charge in [-0.3, -0.25) is 0 Å². The number of benzene rings is 3.